The van der Waals surface area contributed by atoms with Crippen LogP contribution in [0.4, 0.5) is 0 Å². The lowest BCUT2D eigenvalue weighted by molar-refractivity contribution is -0.147. The zero-order valence-electron chi connectivity index (χ0n) is 24.2. The van der Waals surface area contributed by atoms with Gasteiger partial charge in [-0.15, -0.1) is 0 Å². The molecule has 1 atom stereocenters. The van der Waals surface area contributed by atoms with Gasteiger partial charge in [-0.3, -0.25) is 0 Å². The Hall–Kier alpha value is -1.62. The predicted molar refractivity (Wildman–Crippen MR) is 150 cm³/mol. The second-order valence-electron chi connectivity index (χ2n) is 12.5. The molecule has 0 aromatic rings. The maximum Gasteiger partial charge on any atom is 0.336 e. The van der Waals surface area contributed by atoms with Crippen LogP contribution in [0.3, 0.4) is 0 Å². The van der Waals surface area contributed by atoms with Crippen LogP contribution in [0.15, 0.2) is 24.3 Å². The van der Waals surface area contributed by atoms with Crippen molar-refractivity contribution in [1.82, 2.24) is 0 Å². The number of ether oxygens (including phenoxy) is 2. The van der Waals surface area contributed by atoms with Gasteiger partial charge in [0.05, 0.1) is 24.4 Å². The second-order valence-corrected chi connectivity index (χ2v) is 12.5. The largest absolute Gasteiger partial charge is 0.462 e. The summed E-state index contributed by atoms with van der Waals surface area (Å²) in [5, 5.41) is 10.1. The third-order valence-corrected chi connectivity index (χ3v) is 8.91. The summed E-state index contributed by atoms with van der Waals surface area (Å²) in [5.41, 5.74) is -0.931. The first-order valence-electron chi connectivity index (χ1n) is 14.9. The minimum atomic E-state index is -1.33. The summed E-state index contributed by atoms with van der Waals surface area (Å²) >= 11 is 0. The lowest BCUT2D eigenvalue weighted by Crippen LogP contribution is -2.33. The van der Waals surface area contributed by atoms with E-state index in [1.165, 1.54) is 90.9 Å². The fraction of sp³-hybridized carbons (Fsp3) is 0.812. The van der Waals surface area contributed by atoms with Crippen molar-refractivity contribution in [2.75, 3.05) is 13.2 Å². The monoisotopic (exact) mass is 518 g/mol. The van der Waals surface area contributed by atoms with Gasteiger partial charge in [-0.1, -0.05) is 97.1 Å². The van der Waals surface area contributed by atoms with Gasteiger partial charge < -0.3 is 14.6 Å². The highest BCUT2D eigenvalue weighted by Crippen LogP contribution is 2.39. The maximum atomic E-state index is 12.4. The molecule has 0 aromatic heterocycles. The van der Waals surface area contributed by atoms with Gasteiger partial charge in [-0.25, -0.2) is 9.59 Å². The van der Waals surface area contributed by atoms with Crippen LogP contribution in [0, 0.1) is 29.6 Å². The SMILES string of the molecule is C=C(C)C(=O)OCC(COC(=O)C(=C)C(C)(C)O)C1CCC(CCC2CCC(CCCCC)CC2)CC1. The van der Waals surface area contributed by atoms with Crippen molar-refractivity contribution < 1.29 is 24.2 Å². The summed E-state index contributed by atoms with van der Waals surface area (Å²) in [6, 6.07) is 0. The fourth-order valence-electron chi connectivity index (χ4n) is 6.06. The van der Waals surface area contributed by atoms with Crippen LogP contribution in [0.5, 0.6) is 0 Å². The molecule has 2 aliphatic carbocycles. The highest BCUT2D eigenvalue weighted by atomic mass is 16.5. The number of aliphatic hydroxyl groups is 1. The van der Waals surface area contributed by atoms with Gasteiger partial charge in [0.2, 0.25) is 0 Å². The first-order chi connectivity index (χ1) is 17.5. The minimum absolute atomic E-state index is 0.0314. The Labute approximate surface area is 226 Å². The van der Waals surface area contributed by atoms with Gasteiger partial charge in [-0.2, -0.15) is 0 Å². The molecule has 0 radical (unpaired) electrons. The number of carbonyl (C=O) groups excluding carboxylic acids is 2. The molecule has 0 spiro atoms. The van der Waals surface area contributed by atoms with Crippen LogP contribution in [0.25, 0.3) is 0 Å². The molecule has 5 nitrogen and oxygen atoms in total. The van der Waals surface area contributed by atoms with E-state index in [2.05, 4.69) is 20.1 Å². The zero-order valence-corrected chi connectivity index (χ0v) is 24.2. The van der Waals surface area contributed by atoms with Gasteiger partial charge in [0, 0.05) is 11.5 Å². The Kier molecular flexibility index (Phi) is 13.4. The molecule has 212 valence electrons. The quantitative estimate of drug-likeness (QED) is 0.137. The second kappa shape index (κ2) is 15.7. The summed E-state index contributed by atoms with van der Waals surface area (Å²) in [5.74, 6) is 1.93. The molecule has 1 N–H and O–H groups in total. The van der Waals surface area contributed by atoms with Crippen molar-refractivity contribution in [3.05, 3.63) is 24.3 Å². The maximum absolute atomic E-state index is 12.4. The van der Waals surface area contributed by atoms with Gasteiger partial charge >= 0.3 is 11.9 Å². The summed E-state index contributed by atoms with van der Waals surface area (Å²) in [7, 11) is 0. The molecule has 0 aromatic carbocycles. The van der Waals surface area contributed by atoms with Crippen molar-refractivity contribution in [3.63, 3.8) is 0 Å². The van der Waals surface area contributed by atoms with Gasteiger partial charge in [0.1, 0.15) is 0 Å². The smallest absolute Gasteiger partial charge is 0.336 e. The topological polar surface area (TPSA) is 72.8 Å². The molecule has 37 heavy (non-hydrogen) atoms. The molecule has 2 aliphatic rings. The molecule has 0 heterocycles. The molecular weight excluding hydrogens is 464 g/mol. The molecule has 0 bridgehead atoms. The average molecular weight is 519 g/mol. The summed E-state index contributed by atoms with van der Waals surface area (Å²) in [6.45, 7) is 14.7. The van der Waals surface area contributed by atoms with Crippen molar-refractivity contribution in [2.45, 2.75) is 123 Å². The molecule has 0 saturated heterocycles. The molecule has 2 fully saturated rings. The Balaban J connectivity index is 1.78. The molecule has 2 saturated carbocycles. The Morgan fingerprint density at radius 1 is 0.811 bits per heavy atom. The van der Waals surface area contributed by atoms with Gasteiger partial charge in [0.15, 0.2) is 0 Å². The van der Waals surface area contributed by atoms with E-state index in [-0.39, 0.29) is 24.7 Å². The lowest BCUT2D eigenvalue weighted by Gasteiger charge is -2.35. The number of hydrogen-bond donors (Lipinski definition) is 1. The van der Waals surface area contributed by atoms with Crippen molar-refractivity contribution in [3.8, 4) is 0 Å². The van der Waals surface area contributed by atoms with Crippen molar-refractivity contribution in [2.24, 2.45) is 29.6 Å². The number of hydrogen-bond acceptors (Lipinski definition) is 5. The molecule has 5 heteroatoms. The van der Waals surface area contributed by atoms with Crippen LogP contribution in [0.1, 0.15) is 118 Å². The van der Waals surface area contributed by atoms with E-state index in [0.717, 1.165) is 30.6 Å². The summed E-state index contributed by atoms with van der Waals surface area (Å²) in [4.78, 5) is 24.4. The van der Waals surface area contributed by atoms with Crippen LogP contribution in [-0.2, 0) is 19.1 Å². The van der Waals surface area contributed by atoms with E-state index < -0.39 is 17.5 Å². The zero-order chi connectivity index (χ0) is 27.4. The number of rotatable bonds is 15. The van der Waals surface area contributed by atoms with E-state index in [0.29, 0.717) is 11.5 Å². The molecule has 0 amide bonds. The van der Waals surface area contributed by atoms with Gasteiger partial charge in [-0.05, 0) is 57.3 Å². The Morgan fingerprint density at radius 2 is 1.27 bits per heavy atom. The van der Waals surface area contributed by atoms with Crippen LogP contribution < -0.4 is 0 Å². The number of carbonyl (C=O) groups is 2. The molecule has 2 rings (SSSR count). The molecule has 0 aliphatic heterocycles. The van der Waals surface area contributed by atoms with E-state index in [1.54, 1.807) is 6.92 Å². The third-order valence-electron chi connectivity index (χ3n) is 8.91. The normalized spacial score (nSPS) is 25.2. The number of unbranched alkanes of at least 4 members (excludes halogenated alkanes) is 2. The van der Waals surface area contributed by atoms with Crippen molar-refractivity contribution >= 4 is 11.9 Å². The Bertz CT molecular complexity index is 733. The van der Waals surface area contributed by atoms with Crippen LogP contribution in [-0.4, -0.2) is 35.9 Å². The third kappa shape index (κ3) is 11.3. The summed E-state index contributed by atoms with van der Waals surface area (Å²) < 4.78 is 11.0. The lowest BCUT2D eigenvalue weighted by atomic mass is 9.72. The van der Waals surface area contributed by atoms with E-state index in [4.69, 9.17) is 9.47 Å². The van der Waals surface area contributed by atoms with Crippen LogP contribution in [0.2, 0.25) is 0 Å². The summed E-state index contributed by atoms with van der Waals surface area (Å²) in [6.07, 6.45) is 18.5. The Morgan fingerprint density at radius 3 is 1.73 bits per heavy atom. The standard InChI is InChI=1S/C32H54O5/c1-7-8-9-10-25-11-13-26(14-12-25)15-16-27-17-19-28(20-18-27)29(21-36-30(33)23(2)3)22-37-31(34)24(4)32(5,6)35/h25-29,35H,2,4,7-22H2,1,3,5-6H3. The fourth-order valence-corrected chi connectivity index (χ4v) is 6.06. The van der Waals surface area contributed by atoms with E-state index in [1.807, 2.05) is 0 Å². The van der Waals surface area contributed by atoms with E-state index in [9.17, 15) is 14.7 Å². The average Bonchev–Trinajstić information content (AvgIpc) is 2.87. The van der Waals surface area contributed by atoms with Gasteiger partial charge in [0.25, 0.3) is 0 Å². The highest BCUT2D eigenvalue weighted by Gasteiger charge is 2.32. The minimum Gasteiger partial charge on any atom is -0.462 e. The molecule has 1 unspecified atom stereocenters. The molecular formula is C32H54O5. The number of esters is 2. The van der Waals surface area contributed by atoms with E-state index >= 15 is 0 Å². The first-order valence-corrected chi connectivity index (χ1v) is 14.9. The van der Waals surface area contributed by atoms with Crippen LogP contribution >= 0.6 is 0 Å². The predicted octanol–water partition coefficient (Wildman–Crippen LogP) is 7.57. The highest BCUT2D eigenvalue weighted by molar-refractivity contribution is 5.89. The first kappa shape index (κ1) is 31.6. The van der Waals surface area contributed by atoms with Crippen molar-refractivity contribution in [1.29, 1.82) is 0 Å².